The standard InChI is InChI=1S/C9H15NO3/c1-9(2,3)7-6(8(11)12-4)10-5-13-7/h5-7H,1-4H3/t6-,7?/m1/s1. The van der Waals surface area contributed by atoms with E-state index in [0.717, 1.165) is 0 Å². The van der Waals surface area contributed by atoms with Gasteiger partial charge in [0, 0.05) is 5.41 Å². The van der Waals surface area contributed by atoms with Crippen molar-refractivity contribution < 1.29 is 14.3 Å². The summed E-state index contributed by atoms with van der Waals surface area (Å²) in [5.74, 6) is -0.339. The largest absolute Gasteiger partial charge is 0.477 e. The van der Waals surface area contributed by atoms with Gasteiger partial charge in [0.05, 0.1) is 7.11 Å². The van der Waals surface area contributed by atoms with Gasteiger partial charge in [-0.2, -0.15) is 0 Å². The van der Waals surface area contributed by atoms with Gasteiger partial charge in [-0.3, -0.25) is 0 Å². The molecule has 4 nitrogen and oxygen atoms in total. The van der Waals surface area contributed by atoms with E-state index in [9.17, 15) is 4.79 Å². The molecule has 0 aromatic heterocycles. The first-order valence-corrected chi connectivity index (χ1v) is 4.21. The number of rotatable bonds is 1. The third kappa shape index (κ3) is 1.99. The van der Waals surface area contributed by atoms with Crippen LogP contribution in [0.3, 0.4) is 0 Å². The molecule has 0 saturated carbocycles. The average molecular weight is 185 g/mol. The topological polar surface area (TPSA) is 47.9 Å². The Morgan fingerprint density at radius 1 is 1.54 bits per heavy atom. The maximum atomic E-state index is 11.3. The van der Waals surface area contributed by atoms with Crippen molar-refractivity contribution in [2.24, 2.45) is 10.4 Å². The zero-order valence-electron chi connectivity index (χ0n) is 8.40. The Kier molecular flexibility index (Phi) is 2.59. The van der Waals surface area contributed by atoms with Crippen LogP contribution in [0.25, 0.3) is 0 Å². The van der Waals surface area contributed by atoms with Crippen molar-refractivity contribution in [2.75, 3.05) is 7.11 Å². The monoisotopic (exact) mass is 185 g/mol. The number of nitrogens with zero attached hydrogens (tertiary/aromatic N) is 1. The van der Waals surface area contributed by atoms with E-state index in [4.69, 9.17) is 4.74 Å². The molecule has 0 aliphatic carbocycles. The molecule has 0 fully saturated rings. The second-order valence-electron chi connectivity index (χ2n) is 4.15. The molecule has 0 aromatic carbocycles. The molecule has 1 heterocycles. The van der Waals surface area contributed by atoms with Crippen molar-refractivity contribution in [1.29, 1.82) is 0 Å². The lowest BCUT2D eigenvalue weighted by Crippen LogP contribution is -2.40. The molecular formula is C9H15NO3. The summed E-state index contributed by atoms with van der Waals surface area (Å²) in [5, 5.41) is 0. The van der Waals surface area contributed by atoms with Crippen LogP contribution in [-0.2, 0) is 14.3 Å². The molecule has 1 aliphatic rings. The maximum absolute atomic E-state index is 11.3. The predicted octanol–water partition coefficient (Wildman–Crippen LogP) is 1.00. The number of carbonyl (C=O) groups is 1. The van der Waals surface area contributed by atoms with Gasteiger partial charge in [0.2, 0.25) is 0 Å². The van der Waals surface area contributed by atoms with Crippen LogP contribution in [0.4, 0.5) is 0 Å². The van der Waals surface area contributed by atoms with Crippen molar-refractivity contribution in [3.63, 3.8) is 0 Å². The fourth-order valence-corrected chi connectivity index (χ4v) is 1.30. The summed E-state index contributed by atoms with van der Waals surface area (Å²) < 4.78 is 9.89. The van der Waals surface area contributed by atoms with Gasteiger partial charge in [0.25, 0.3) is 0 Å². The van der Waals surface area contributed by atoms with Gasteiger partial charge >= 0.3 is 5.97 Å². The quantitative estimate of drug-likeness (QED) is 0.572. The SMILES string of the molecule is COC(=O)[C@@H]1N=COC1C(C)(C)C. The number of ether oxygens (including phenoxy) is 2. The summed E-state index contributed by atoms with van der Waals surface area (Å²) in [7, 11) is 1.36. The smallest absolute Gasteiger partial charge is 0.334 e. The fourth-order valence-electron chi connectivity index (χ4n) is 1.30. The summed E-state index contributed by atoms with van der Waals surface area (Å²) in [5.41, 5.74) is -0.116. The van der Waals surface area contributed by atoms with Gasteiger partial charge in [-0.05, 0) is 0 Å². The molecule has 1 rings (SSSR count). The molecule has 74 valence electrons. The molecule has 1 unspecified atom stereocenters. The van der Waals surface area contributed by atoms with Crippen LogP contribution in [0.15, 0.2) is 4.99 Å². The lowest BCUT2D eigenvalue weighted by atomic mass is 9.85. The first kappa shape index (κ1) is 10.0. The second kappa shape index (κ2) is 3.36. The van der Waals surface area contributed by atoms with Crippen molar-refractivity contribution in [3.8, 4) is 0 Å². The molecule has 0 bridgehead atoms. The summed E-state index contributed by atoms with van der Waals surface area (Å²) in [4.78, 5) is 15.2. The fraction of sp³-hybridized carbons (Fsp3) is 0.778. The maximum Gasteiger partial charge on any atom is 0.334 e. The van der Waals surface area contributed by atoms with Gasteiger partial charge in [-0.25, -0.2) is 9.79 Å². The molecule has 0 aromatic rings. The number of aliphatic imine (C=N–C) groups is 1. The van der Waals surface area contributed by atoms with E-state index in [2.05, 4.69) is 9.73 Å². The minimum Gasteiger partial charge on any atom is -0.477 e. The van der Waals surface area contributed by atoms with Gasteiger partial charge in [-0.1, -0.05) is 20.8 Å². The van der Waals surface area contributed by atoms with E-state index in [1.807, 2.05) is 20.8 Å². The number of carbonyl (C=O) groups excluding carboxylic acids is 1. The van der Waals surface area contributed by atoms with Crippen LogP contribution in [0, 0.1) is 5.41 Å². The molecule has 13 heavy (non-hydrogen) atoms. The van der Waals surface area contributed by atoms with Crippen LogP contribution in [0.5, 0.6) is 0 Å². The Labute approximate surface area is 77.9 Å². The highest BCUT2D eigenvalue weighted by Gasteiger charge is 2.41. The summed E-state index contributed by atoms with van der Waals surface area (Å²) in [6.07, 6.45) is 1.11. The third-order valence-corrected chi connectivity index (χ3v) is 2.01. The molecule has 0 spiro atoms. The molecule has 2 atom stereocenters. The van der Waals surface area contributed by atoms with E-state index in [-0.39, 0.29) is 17.5 Å². The molecule has 1 aliphatic heterocycles. The Morgan fingerprint density at radius 2 is 2.15 bits per heavy atom. The van der Waals surface area contributed by atoms with Gasteiger partial charge in [0.1, 0.15) is 6.10 Å². The van der Waals surface area contributed by atoms with Crippen LogP contribution < -0.4 is 0 Å². The highest BCUT2D eigenvalue weighted by Crippen LogP contribution is 2.29. The lowest BCUT2D eigenvalue weighted by Gasteiger charge is -2.28. The highest BCUT2D eigenvalue weighted by molar-refractivity contribution is 5.79. The zero-order valence-corrected chi connectivity index (χ0v) is 8.40. The summed E-state index contributed by atoms with van der Waals surface area (Å²) >= 11 is 0. The second-order valence-corrected chi connectivity index (χ2v) is 4.15. The first-order chi connectivity index (χ1) is 5.96. The molecule has 0 radical (unpaired) electrons. The van der Waals surface area contributed by atoms with Crippen molar-refractivity contribution in [3.05, 3.63) is 0 Å². The number of hydrogen-bond donors (Lipinski definition) is 0. The summed E-state index contributed by atoms with van der Waals surface area (Å²) in [6.45, 7) is 6.01. The number of methoxy groups -OCH3 is 1. The highest BCUT2D eigenvalue weighted by atomic mass is 16.5. The third-order valence-electron chi connectivity index (χ3n) is 2.01. The van der Waals surface area contributed by atoms with Crippen LogP contribution in [0.2, 0.25) is 0 Å². The molecular weight excluding hydrogens is 170 g/mol. The van der Waals surface area contributed by atoms with Gasteiger partial charge < -0.3 is 9.47 Å². The Balaban J connectivity index is 2.74. The minimum atomic E-state index is -0.509. The average Bonchev–Trinajstić information content (AvgIpc) is 2.49. The van der Waals surface area contributed by atoms with Crippen molar-refractivity contribution >= 4 is 12.4 Å². The van der Waals surface area contributed by atoms with Crippen molar-refractivity contribution in [2.45, 2.75) is 32.9 Å². The predicted molar refractivity (Wildman–Crippen MR) is 48.6 cm³/mol. The normalized spacial score (nSPS) is 27.1. The molecule has 0 N–H and O–H groups in total. The Bertz CT molecular complexity index is 230. The molecule has 4 heteroatoms. The van der Waals surface area contributed by atoms with E-state index in [1.54, 1.807) is 0 Å². The van der Waals surface area contributed by atoms with Crippen LogP contribution >= 0.6 is 0 Å². The van der Waals surface area contributed by atoms with E-state index in [1.165, 1.54) is 13.5 Å². The van der Waals surface area contributed by atoms with Crippen LogP contribution in [0.1, 0.15) is 20.8 Å². The van der Waals surface area contributed by atoms with Gasteiger partial charge in [0.15, 0.2) is 12.4 Å². The van der Waals surface area contributed by atoms with Crippen molar-refractivity contribution in [1.82, 2.24) is 0 Å². The van der Waals surface area contributed by atoms with Crippen LogP contribution in [-0.4, -0.2) is 31.6 Å². The van der Waals surface area contributed by atoms with E-state index < -0.39 is 6.04 Å². The zero-order chi connectivity index (χ0) is 10.1. The number of esters is 1. The Morgan fingerprint density at radius 3 is 2.62 bits per heavy atom. The van der Waals surface area contributed by atoms with E-state index >= 15 is 0 Å². The van der Waals surface area contributed by atoms with E-state index in [0.29, 0.717) is 0 Å². The molecule has 0 saturated heterocycles. The summed E-state index contributed by atoms with van der Waals surface area (Å²) in [6, 6.07) is -0.509. The lowest BCUT2D eigenvalue weighted by molar-refractivity contribution is -0.145. The minimum absolute atomic E-state index is 0.116. The Hall–Kier alpha value is -1.06. The first-order valence-electron chi connectivity index (χ1n) is 4.21. The molecule has 0 amide bonds. The number of hydrogen-bond acceptors (Lipinski definition) is 4. The van der Waals surface area contributed by atoms with Gasteiger partial charge in [-0.15, -0.1) is 0 Å².